The normalized spacial score (nSPS) is 11.4. The van der Waals surface area contributed by atoms with Crippen LogP contribution in [0.3, 0.4) is 0 Å². The molecule has 0 heterocycles. The first kappa shape index (κ1) is 19.1. The number of nitrogens with zero attached hydrogens (tertiary/aromatic N) is 1. The summed E-state index contributed by atoms with van der Waals surface area (Å²) in [6, 6.07) is 27.7. The highest BCUT2D eigenvalue weighted by molar-refractivity contribution is 5.86. The standard InChI is InChI=1S/C24H22N2O2/c1-19(16-20-8-4-2-5-9-20)17-25-26-24(27)18-28-23-14-12-22(13-15-23)21-10-6-3-7-11-21/h2-17H,18H2,1H3,(H,26,27)/b19-16-,25-17-. The third-order valence-corrected chi connectivity index (χ3v) is 3.98. The van der Waals surface area contributed by atoms with Crippen molar-refractivity contribution in [1.82, 2.24) is 5.43 Å². The number of benzene rings is 3. The van der Waals surface area contributed by atoms with Crippen LogP contribution in [-0.4, -0.2) is 18.7 Å². The topological polar surface area (TPSA) is 50.7 Å². The van der Waals surface area contributed by atoms with Gasteiger partial charge >= 0.3 is 0 Å². The molecule has 1 amide bonds. The molecule has 1 N–H and O–H groups in total. The molecule has 3 aromatic carbocycles. The van der Waals surface area contributed by atoms with E-state index in [-0.39, 0.29) is 12.5 Å². The number of allylic oxidation sites excluding steroid dienone is 1. The van der Waals surface area contributed by atoms with Gasteiger partial charge in [0.2, 0.25) is 0 Å². The minimum Gasteiger partial charge on any atom is -0.484 e. The van der Waals surface area contributed by atoms with Crippen LogP contribution < -0.4 is 10.2 Å². The number of hydrazone groups is 1. The van der Waals surface area contributed by atoms with E-state index in [2.05, 4.69) is 22.7 Å². The average molecular weight is 370 g/mol. The highest BCUT2D eigenvalue weighted by Crippen LogP contribution is 2.21. The summed E-state index contributed by atoms with van der Waals surface area (Å²) >= 11 is 0. The molecule has 0 spiro atoms. The van der Waals surface area contributed by atoms with Crippen LogP contribution in [0.5, 0.6) is 5.75 Å². The SMILES string of the molecule is CC(/C=N\NC(=O)COc1ccc(-c2ccccc2)cc1)=C/c1ccccc1. The van der Waals surface area contributed by atoms with Crippen molar-refractivity contribution in [3.8, 4) is 16.9 Å². The van der Waals surface area contributed by atoms with Crippen molar-refractivity contribution in [2.45, 2.75) is 6.92 Å². The summed E-state index contributed by atoms with van der Waals surface area (Å²) in [6.45, 7) is 1.83. The summed E-state index contributed by atoms with van der Waals surface area (Å²) in [7, 11) is 0. The zero-order valence-electron chi connectivity index (χ0n) is 15.7. The third kappa shape index (κ3) is 5.95. The van der Waals surface area contributed by atoms with Gasteiger partial charge in [0, 0.05) is 0 Å². The number of ether oxygens (including phenoxy) is 1. The molecule has 0 unspecified atom stereocenters. The van der Waals surface area contributed by atoms with Gasteiger partial charge in [-0.05, 0) is 41.3 Å². The Morgan fingerprint density at radius 2 is 1.50 bits per heavy atom. The molecule has 0 atom stereocenters. The van der Waals surface area contributed by atoms with Gasteiger partial charge in [-0.1, -0.05) is 78.9 Å². The molecule has 0 saturated carbocycles. The lowest BCUT2D eigenvalue weighted by Crippen LogP contribution is -2.24. The van der Waals surface area contributed by atoms with Crippen LogP contribution in [0.1, 0.15) is 12.5 Å². The predicted molar refractivity (Wildman–Crippen MR) is 114 cm³/mol. The minimum absolute atomic E-state index is 0.0938. The molecule has 3 rings (SSSR count). The second-order valence-electron chi connectivity index (χ2n) is 6.27. The van der Waals surface area contributed by atoms with E-state index in [1.54, 1.807) is 6.21 Å². The third-order valence-electron chi connectivity index (χ3n) is 3.98. The molecule has 0 aliphatic rings. The Morgan fingerprint density at radius 1 is 0.893 bits per heavy atom. The Hall–Kier alpha value is -3.66. The second-order valence-corrected chi connectivity index (χ2v) is 6.27. The average Bonchev–Trinajstić information content (AvgIpc) is 2.74. The first-order chi connectivity index (χ1) is 13.7. The van der Waals surface area contributed by atoms with E-state index in [1.165, 1.54) is 0 Å². The summed E-state index contributed by atoms with van der Waals surface area (Å²) in [5, 5.41) is 3.96. The molecule has 0 bridgehead atoms. The molecule has 4 nitrogen and oxygen atoms in total. The molecule has 0 aliphatic carbocycles. The lowest BCUT2D eigenvalue weighted by Gasteiger charge is -2.06. The Labute approximate surface area is 165 Å². The summed E-state index contributed by atoms with van der Waals surface area (Å²) < 4.78 is 5.51. The minimum atomic E-state index is -0.309. The van der Waals surface area contributed by atoms with Gasteiger partial charge in [-0.3, -0.25) is 4.79 Å². The Bertz CT molecular complexity index is 947. The molecule has 28 heavy (non-hydrogen) atoms. The number of nitrogens with one attached hydrogen (secondary N) is 1. The molecule has 0 fully saturated rings. The van der Waals surface area contributed by atoms with Crippen molar-refractivity contribution in [3.63, 3.8) is 0 Å². The van der Waals surface area contributed by atoms with Crippen molar-refractivity contribution in [3.05, 3.63) is 96.1 Å². The number of carbonyl (C=O) groups is 1. The fourth-order valence-corrected chi connectivity index (χ4v) is 2.61. The maximum atomic E-state index is 11.9. The van der Waals surface area contributed by atoms with E-state index in [9.17, 15) is 4.79 Å². The first-order valence-electron chi connectivity index (χ1n) is 9.04. The van der Waals surface area contributed by atoms with E-state index in [0.29, 0.717) is 5.75 Å². The maximum absolute atomic E-state index is 11.9. The molecule has 140 valence electrons. The number of hydrogen-bond acceptors (Lipinski definition) is 3. The maximum Gasteiger partial charge on any atom is 0.277 e. The van der Waals surface area contributed by atoms with Crippen LogP contribution in [0.2, 0.25) is 0 Å². The molecule has 4 heteroatoms. The molecule has 0 aliphatic heterocycles. The number of rotatable bonds is 7. The number of amides is 1. The summed E-state index contributed by atoms with van der Waals surface area (Å²) in [4.78, 5) is 11.9. The van der Waals surface area contributed by atoms with E-state index in [1.807, 2.05) is 85.8 Å². The van der Waals surface area contributed by atoms with Crippen LogP contribution in [0, 0.1) is 0 Å². The van der Waals surface area contributed by atoms with Gasteiger partial charge in [-0.2, -0.15) is 5.10 Å². The quantitative estimate of drug-likeness (QED) is 0.473. The van der Waals surface area contributed by atoms with Crippen molar-refractivity contribution >= 4 is 18.2 Å². The highest BCUT2D eigenvalue weighted by Gasteiger charge is 2.02. The molecule has 0 saturated heterocycles. The second kappa shape index (κ2) is 9.88. The summed E-state index contributed by atoms with van der Waals surface area (Å²) in [6.07, 6.45) is 3.60. The Morgan fingerprint density at radius 3 is 2.18 bits per heavy atom. The first-order valence-corrected chi connectivity index (χ1v) is 9.04. The monoisotopic (exact) mass is 370 g/mol. The molecular formula is C24H22N2O2. The lowest BCUT2D eigenvalue weighted by molar-refractivity contribution is -0.123. The van der Waals surface area contributed by atoms with E-state index >= 15 is 0 Å². The predicted octanol–water partition coefficient (Wildman–Crippen LogP) is 4.94. The molecular weight excluding hydrogens is 348 g/mol. The smallest absolute Gasteiger partial charge is 0.277 e. The van der Waals surface area contributed by atoms with Crippen LogP contribution in [0.4, 0.5) is 0 Å². The van der Waals surface area contributed by atoms with Crippen LogP contribution in [0.15, 0.2) is 95.6 Å². The fourth-order valence-electron chi connectivity index (χ4n) is 2.61. The van der Waals surface area contributed by atoms with Crippen LogP contribution >= 0.6 is 0 Å². The Balaban J connectivity index is 1.46. The zero-order chi connectivity index (χ0) is 19.6. The van der Waals surface area contributed by atoms with Gasteiger partial charge in [0.05, 0.1) is 6.21 Å². The van der Waals surface area contributed by atoms with Crippen molar-refractivity contribution in [1.29, 1.82) is 0 Å². The van der Waals surface area contributed by atoms with Crippen molar-refractivity contribution < 1.29 is 9.53 Å². The van der Waals surface area contributed by atoms with Crippen LogP contribution in [0.25, 0.3) is 17.2 Å². The molecule has 0 radical (unpaired) electrons. The van der Waals surface area contributed by atoms with Crippen molar-refractivity contribution in [2.24, 2.45) is 5.10 Å². The molecule has 3 aromatic rings. The van der Waals surface area contributed by atoms with Gasteiger partial charge in [0.15, 0.2) is 6.61 Å². The van der Waals surface area contributed by atoms with Crippen molar-refractivity contribution in [2.75, 3.05) is 6.61 Å². The van der Waals surface area contributed by atoms with Gasteiger partial charge < -0.3 is 4.74 Å². The van der Waals surface area contributed by atoms with Gasteiger partial charge in [-0.15, -0.1) is 0 Å². The number of carbonyl (C=O) groups excluding carboxylic acids is 1. The van der Waals surface area contributed by atoms with E-state index in [0.717, 1.165) is 22.3 Å². The van der Waals surface area contributed by atoms with Gasteiger partial charge in [-0.25, -0.2) is 5.43 Å². The zero-order valence-corrected chi connectivity index (χ0v) is 15.7. The number of hydrogen-bond donors (Lipinski definition) is 1. The summed E-state index contributed by atoms with van der Waals surface area (Å²) in [5.74, 6) is 0.329. The molecule has 0 aromatic heterocycles. The largest absolute Gasteiger partial charge is 0.484 e. The fraction of sp³-hybridized carbons (Fsp3) is 0.0833. The van der Waals surface area contributed by atoms with Crippen LogP contribution in [-0.2, 0) is 4.79 Å². The Kier molecular flexibility index (Phi) is 6.74. The van der Waals surface area contributed by atoms with E-state index in [4.69, 9.17) is 4.74 Å². The van der Waals surface area contributed by atoms with Gasteiger partial charge in [0.1, 0.15) is 5.75 Å². The summed E-state index contributed by atoms with van der Waals surface area (Å²) in [5.41, 5.74) is 6.73. The van der Waals surface area contributed by atoms with Gasteiger partial charge in [0.25, 0.3) is 5.91 Å². The highest BCUT2D eigenvalue weighted by atomic mass is 16.5. The van der Waals surface area contributed by atoms with E-state index < -0.39 is 0 Å². The lowest BCUT2D eigenvalue weighted by atomic mass is 10.1.